The van der Waals surface area contributed by atoms with E-state index in [0.29, 0.717) is 7.14 Å². The summed E-state index contributed by atoms with van der Waals surface area (Å²) in [5, 5.41) is 18.5. The van der Waals surface area contributed by atoms with E-state index in [9.17, 15) is 14.7 Å². The second-order valence-corrected chi connectivity index (χ2v) is 6.20. The van der Waals surface area contributed by atoms with Crippen molar-refractivity contribution in [2.45, 2.75) is 12.5 Å². The summed E-state index contributed by atoms with van der Waals surface area (Å²) >= 11 is 3.69. The van der Waals surface area contributed by atoms with Crippen LogP contribution in [-0.2, 0) is 6.42 Å². The maximum Gasteiger partial charge on any atom is 0.250 e. The summed E-state index contributed by atoms with van der Waals surface area (Å²) in [6.07, 6.45) is -1.26. The van der Waals surface area contributed by atoms with Gasteiger partial charge in [0.1, 0.15) is 0 Å². The SMILES string of the molecule is NC(=O)c1c(I)c(N)c(I)c(C(N)=O)c1CC(O)CO. The van der Waals surface area contributed by atoms with E-state index >= 15 is 0 Å². The van der Waals surface area contributed by atoms with Gasteiger partial charge < -0.3 is 27.4 Å². The molecule has 0 saturated carbocycles. The number of rotatable bonds is 5. The van der Waals surface area contributed by atoms with Gasteiger partial charge in [-0.2, -0.15) is 0 Å². The van der Waals surface area contributed by atoms with E-state index in [1.54, 1.807) is 0 Å². The average Bonchev–Trinajstić information content (AvgIpc) is 2.35. The van der Waals surface area contributed by atoms with Crippen molar-refractivity contribution in [2.75, 3.05) is 12.3 Å². The van der Waals surface area contributed by atoms with Crippen LogP contribution in [0.15, 0.2) is 0 Å². The highest BCUT2D eigenvalue weighted by Crippen LogP contribution is 2.33. The van der Waals surface area contributed by atoms with Gasteiger partial charge in [0.2, 0.25) is 11.8 Å². The Bertz CT molecular complexity index is 536. The molecule has 0 aliphatic carbocycles. The molecule has 1 unspecified atom stereocenters. The zero-order chi connectivity index (χ0) is 15.6. The molecule has 20 heavy (non-hydrogen) atoms. The van der Waals surface area contributed by atoms with Gasteiger partial charge in [0.25, 0.3) is 0 Å². The third-order valence-corrected chi connectivity index (χ3v) is 4.90. The first-order chi connectivity index (χ1) is 9.22. The van der Waals surface area contributed by atoms with E-state index in [4.69, 9.17) is 22.3 Å². The lowest BCUT2D eigenvalue weighted by molar-refractivity contribution is 0.0929. The number of amides is 2. The lowest BCUT2D eigenvalue weighted by atomic mass is 9.94. The molecule has 0 aromatic heterocycles. The Balaban J connectivity index is 3.73. The predicted molar refractivity (Wildman–Crippen MR) is 90.1 cm³/mol. The number of primary amides is 2. The molecule has 0 heterocycles. The second kappa shape index (κ2) is 6.87. The van der Waals surface area contributed by atoms with Crippen LogP contribution in [0, 0.1) is 7.14 Å². The van der Waals surface area contributed by atoms with E-state index < -0.39 is 24.5 Å². The number of aliphatic hydroxyl groups is 2. The fraction of sp³-hybridized carbons (Fsp3) is 0.273. The Hall–Kier alpha value is -0.660. The number of nitrogens with two attached hydrogens (primary N) is 3. The molecule has 1 rings (SSSR count). The Morgan fingerprint density at radius 2 is 1.50 bits per heavy atom. The van der Waals surface area contributed by atoms with Gasteiger partial charge in [-0.05, 0) is 50.7 Å². The number of hydrogen-bond acceptors (Lipinski definition) is 5. The summed E-state index contributed by atoms with van der Waals surface area (Å²) in [5.41, 5.74) is 17.0. The lowest BCUT2D eigenvalue weighted by Crippen LogP contribution is -2.27. The van der Waals surface area contributed by atoms with Gasteiger partial charge in [-0.3, -0.25) is 9.59 Å². The maximum atomic E-state index is 11.6. The van der Waals surface area contributed by atoms with Crippen LogP contribution >= 0.6 is 45.2 Å². The molecule has 0 aliphatic rings. The van der Waals surface area contributed by atoms with Crippen molar-refractivity contribution in [1.82, 2.24) is 0 Å². The number of hydrogen-bond donors (Lipinski definition) is 5. The zero-order valence-corrected chi connectivity index (χ0v) is 14.5. The highest BCUT2D eigenvalue weighted by molar-refractivity contribution is 14.1. The molecule has 0 saturated heterocycles. The number of anilines is 1. The van der Waals surface area contributed by atoms with E-state index in [0.717, 1.165) is 0 Å². The fourth-order valence-electron chi connectivity index (χ4n) is 1.77. The molecule has 0 radical (unpaired) electrons. The van der Waals surface area contributed by atoms with Crippen molar-refractivity contribution in [1.29, 1.82) is 0 Å². The first-order valence-electron chi connectivity index (χ1n) is 5.40. The predicted octanol–water partition coefficient (Wildman–Crippen LogP) is -0.428. The molecular weight excluding hydrogens is 492 g/mol. The molecule has 2 amide bonds. The van der Waals surface area contributed by atoms with Crippen molar-refractivity contribution in [3.05, 3.63) is 23.8 Å². The van der Waals surface area contributed by atoms with Crippen LogP contribution in [0.2, 0.25) is 0 Å². The molecular formula is C11H13I2N3O4. The van der Waals surface area contributed by atoms with Crippen LogP contribution in [0.4, 0.5) is 5.69 Å². The maximum absolute atomic E-state index is 11.6. The molecule has 9 heteroatoms. The molecule has 1 atom stereocenters. The van der Waals surface area contributed by atoms with Crippen LogP contribution in [0.1, 0.15) is 26.3 Å². The number of nitrogen functional groups attached to an aromatic ring is 1. The van der Waals surface area contributed by atoms with Gasteiger partial charge in [0, 0.05) is 6.42 Å². The van der Waals surface area contributed by atoms with Crippen LogP contribution < -0.4 is 17.2 Å². The quantitative estimate of drug-likeness (QED) is 0.272. The van der Waals surface area contributed by atoms with Gasteiger partial charge in [-0.25, -0.2) is 0 Å². The average molecular weight is 505 g/mol. The van der Waals surface area contributed by atoms with Gasteiger partial charge in [-0.15, -0.1) is 0 Å². The Morgan fingerprint density at radius 1 is 1.10 bits per heavy atom. The number of carbonyl (C=O) groups excluding carboxylic acids is 2. The van der Waals surface area contributed by atoms with Crippen molar-refractivity contribution < 1.29 is 19.8 Å². The van der Waals surface area contributed by atoms with Crippen LogP contribution in [0.5, 0.6) is 0 Å². The Labute approximate surface area is 142 Å². The topological polar surface area (TPSA) is 153 Å². The second-order valence-electron chi connectivity index (χ2n) is 4.04. The largest absolute Gasteiger partial charge is 0.397 e. The fourth-order valence-corrected chi connectivity index (χ4v) is 4.01. The van der Waals surface area contributed by atoms with Crippen molar-refractivity contribution in [2.24, 2.45) is 11.5 Å². The van der Waals surface area contributed by atoms with Crippen molar-refractivity contribution in [3.63, 3.8) is 0 Å². The molecule has 1 aromatic carbocycles. The molecule has 0 spiro atoms. The summed E-state index contributed by atoms with van der Waals surface area (Å²) in [4.78, 5) is 23.2. The van der Waals surface area contributed by atoms with Crippen LogP contribution in [0.25, 0.3) is 0 Å². The van der Waals surface area contributed by atoms with Crippen LogP contribution in [-0.4, -0.2) is 34.7 Å². The van der Waals surface area contributed by atoms with Gasteiger partial charge in [-0.1, -0.05) is 0 Å². The monoisotopic (exact) mass is 505 g/mol. The summed E-state index contributed by atoms with van der Waals surface area (Å²) in [7, 11) is 0. The van der Waals surface area contributed by atoms with Crippen molar-refractivity contribution in [3.8, 4) is 0 Å². The first-order valence-corrected chi connectivity index (χ1v) is 7.55. The van der Waals surface area contributed by atoms with E-state index in [2.05, 4.69) is 0 Å². The highest BCUT2D eigenvalue weighted by atomic mass is 127. The molecule has 1 aromatic rings. The third-order valence-electron chi connectivity index (χ3n) is 2.66. The number of carbonyl (C=O) groups is 2. The van der Waals surface area contributed by atoms with Crippen LogP contribution in [0.3, 0.4) is 0 Å². The number of halogens is 2. The molecule has 0 bridgehead atoms. The van der Waals surface area contributed by atoms with E-state index in [1.165, 1.54) is 0 Å². The summed E-state index contributed by atoms with van der Waals surface area (Å²) in [5.74, 6) is -1.56. The minimum absolute atomic E-state index is 0.0461. The highest BCUT2D eigenvalue weighted by Gasteiger charge is 2.26. The normalized spacial score (nSPS) is 12.2. The standard InChI is InChI=1S/C11H13I2N3O4/c12-7-5(10(15)19)4(1-3(18)2-17)6(11(16)20)8(13)9(7)14/h3,17-18H,1-2,14H2,(H2,15,19)(H2,16,20). The molecule has 7 nitrogen and oxygen atoms in total. The molecule has 110 valence electrons. The van der Waals surface area contributed by atoms with E-state index in [-0.39, 0.29) is 28.8 Å². The first kappa shape index (κ1) is 17.4. The third kappa shape index (κ3) is 3.32. The Kier molecular flexibility index (Phi) is 5.97. The van der Waals surface area contributed by atoms with Gasteiger partial charge in [0.05, 0.1) is 36.7 Å². The van der Waals surface area contributed by atoms with Crippen molar-refractivity contribution >= 4 is 62.7 Å². The Morgan fingerprint density at radius 3 is 1.80 bits per heavy atom. The van der Waals surface area contributed by atoms with Gasteiger partial charge in [0.15, 0.2) is 0 Å². The number of aliphatic hydroxyl groups excluding tert-OH is 2. The zero-order valence-electron chi connectivity index (χ0n) is 10.2. The van der Waals surface area contributed by atoms with Gasteiger partial charge >= 0.3 is 0 Å². The molecule has 8 N–H and O–H groups in total. The smallest absolute Gasteiger partial charge is 0.250 e. The lowest BCUT2D eigenvalue weighted by Gasteiger charge is -2.19. The minimum Gasteiger partial charge on any atom is -0.397 e. The summed E-state index contributed by atoms with van der Waals surface area (Å²) in [6, 6.07) is 0. The molecule has 0 fully saturated rings. The summed E-state index contributed by atoms with van der Waals surface area (Å²) in [6.45, 7) is -0.520. The minimum atomic E-state index is -1.14. The summed E-state index contributed by atoms with van der Waals surface area (Å²) < 4.78 is 0.786. The number of benzene rings is 1. The molecule has 0 aliphatic heterocycles. The van der Waals surface area contributed by atoms with E-state index in [1.807, 2.05) is 45.2 Å².